The maximum atomic E-state index is 11.3. The molecule has 1 N–H and O–H groups in total. The van der Waals surface area contributed by atoms with Crippen LogP contribution in [-0.2, 0) is 12.5 Å². The summed E-state index contributed by atoms with van der Waals surface area (Å²) in [6.45, 7) is 6.03. The third kappa shape index (κ3) is 3.16. The van der Waals surface area contributed by atoms with Crippen molar-refractivity contribution in [3.05, 3.63) is 27.5 Å². The molecule has 0 aliphatic heterocycles. The minimum Gasteiger partial charge on any atom is -0.273 e. The van der Waals surface area contributed by atoms with Crippen LogP contribution >= 0.6 is 23.4 Å². The zero-order valence-electron chi connectivity index (χ0n) is 11.1. The van der Waals surface area contributed by atoms with Gasteiger partial charge in [0.15, 0.2) is 5.16 Å². The highest BCUT2D eigenvalue weighted by atomic mass is 35.5. The van der Waals surface area contributed by atoms with Crippen LogP contribution in [0.5, 0.6) is 0 Å². The summed E-state index contributed by atoms with van der Waals surface area (Å²) in [4.78, 5) is 20.0. The topological polar surface area (TPSA) is 76.5 Å². The molecule has 102 valence electrons. The lowest BCUT2D eigenvalue weighted by Gasteiger charge is -2.17. The quantitative estimate of drug-likeness (QED) is 0.858. The third-order valence-electron chi connectivity index (χ3n) is 2.38. The van der Waals surface area contributed by atoms with Crippen molar-refractivity contribution in [2.24, 2.45) is 7.05 Å². The molecule has 0 aliphatic rings. The Morgan fingerprint density at radius 3 is 2.58 bits per heavy atom. The molecule has 2 rings (SSSR count). The zero-order valence-corrected chi connectivity index (χ0v) is 12.6. The molecule has 0 fully saturated rings. The van der Waals surface area contributed by atoms with Gasteiger partial charge in [0.2, 0.25) is 0 Å². The Bertz CT molecular complexity index is 658. The molecular formula is C11H14ClN5OS. The molecule has 2 heterocycles. The number of nitrogens with one attached hydrogen (secondary N) is 1. The van der Waals surface area contributed by atoms with E-state index in [1.165, 1.54) is 16.3 Å². The number of hydrogen-bond donors (Lipinski definition) is 1. The second-order valence-electron chi connectivity index (χ2n) is 5.07. The highest BCUT2D eigenvalue weighted by Gasteiger charge is 2.19. The summed E-state index contributed by atoms with van der Waals surface area (Å²) < 4.78 is 1.41. The molecule has 0 aromatic carbocycles. The van der Waals surface area contributed by atoms with Gasteiger partial charge in [-0.25, -0.2) is 19.9 Å². The first-order chi connectivity index (χ1) is 8.77. The van der Waals surface area contributed by atoms with Crippen LogP contribution in [0.15, 0.2) is 21.0 Å². The van der Waals surface area contributed by atoms with E-state index in [2.05, 4.69) is 20.2 Å². The molecule has 6 nitrogen and oxygen atoms in total. The fraction of sp³-hybridized carbons (Fsp3) is 0.455. The molecule has 0 saturated heterocycles. The minimum absolute atomic E-state index is 0.197. The predicted molar refractivity (Wildman–Crippen MR) is 73.7 cm³/mol. The maximum Gasteiger partial charge on any atom is 0.343 e. The largest absolute Gasteiger partial charge is 0.343 e. The van der Waals surface area contributed by atoms with Gasteiger partial charge >= 0.3 is 5.69 Å². The number of H-pyrrole nitrogens is 1. The molecule has 0 saturated carbocycles. The zero-order chi connectivity index (χ0) is 14.2. The summed E-state index contributed by atoms with van der Waals surface area (Å²) in [6, 6.07) is 1.65. The molecule has 0 aliphatic carbocycles. The Kier molecular flexibility index (Phi) is 3.69. The van der Waals surface area contributed by atoms with Gasteiger partial charge in [-0.15, -0.1) is 5.10 Å². The minimum atomic E-state index is -0.265. The predicted octanol–water partition coefficient (Wildman–Crippen LogP) is 2.00. The van der Waals surface area contributed by atoms with Crippen molar-refractivity contribution >= 4 is 23.4 Å². The van der Waals surface area contributed by atoms with Crippen LogP contribution in [0.25, 0.3) is 0 Å². The summed E-state index contributed by atoms with van der Waals surface area (Å²) >= 11 is 7.27. The lowest BCUT2D eigenvalue weighted by atomic mass is 9.96. The molecule has 0 atom stereocenters. The standard InChI is InChI=1S/C11H14ClN5OS/c1-11(2,3)8-13-6(12)5-7(14-8)19-10-16-15-9(18)17(10)4/h5H,1-4H3,(H,15,18). The molecule has 0 unspecified atom stereocenters. The molecule has 2 aromatic heterocycles. The summed E-state index contributed by atoms with van der Waals surface area (Å²) in [5, 5.41) is 7.86. The van der Waals surface area contributed by atoms with Gasteiger partial charge in [-0.3, -0.25) is 4.57 Å². The van der Waals surface area contributed by atoms with E-state index in [0.717, 1.165) is 0 Å². The Hall–Kier alpha value is -1.34. The van der Waals surface area contributed by atoms with Crippen molar-refractivity contribution in [1.29, 1.82) is 0 Å². The summed E-state index contributed by atoms with van der Waals surface area (Å²) in [5.41, 5.74) is -0.462. The number of aromatic amines is 1. The van der Waals surface area contributed by atoms with E-state index in [0.29, 0.717) is 21.2 Å². The molecule has 0 bridgehead atoms. The maximum absolute atomic E-state index is 11.3. The SMILES string of the molecule is Cn1c(Sc2cc(Cl)nc(C(C)(C)C)n2)n[nH]c1=O. The molecule has 0 amide bonds. The number of nitrogens with zero attached hydrogens (tertiary/aromatic N) is 4. The first kappa shape index (κ1) is 14.1. The Balaban J connectivity index is 2.38. The van der Waals surface area contributed by atoms with Crippen LogP contribution in [0.4, 0.5) is 0 Å². The molecule has 0 radical (unpaired) electrons. The average molecular weight is 300 g/mol. The van der Waals surface area contributed by atoms with E-state index < -0.39 is 0 Å². The van der Waals surface area contributed by atoms with Crippen molar-refractivity contribution in [3.63, 3.8) is 0 Å². The number of halogens is 1. The van der Waals surface area contributed by atoms with Crippen molar-refractivity contribution in [2.75, 3.05) is 0 Å². The summed E-state index contributed by atoms with van der Waals surface area (Å²) in [7, 11) is 1.64. The molecule has 8 heteroatoms. The highest BCUT2D eigenvalue weighted by molar-refractivity contribution is 7.99. The Morgan fingerprint density at radius 2 is 2.05 bits per heavy atom. The smallest absolute Gasteiger partial charge is 0.273 e. The second-order valence-corrected chi connectivity index (χ2v) is 6.45. The Labute approximate surface area is 119 Å². The lowest BCUT2D eigenvalue weighted by molar-refractivity contribution is 0.538. The molecule has 0 spiro atoms. The van der Waals surface area contributed by atoms with Gasteiger partial charge in [0.1, 0.15) is 16.0 Å². The fourth-order valence-electron chi connectivity index (χ4n) is 1.30. The van der Waals surface area contributed by atoms with E-state index in [9.17, 15) is 4.79 Å². The van der Waals surface area contributed by atoms with Crippen molar-refractivity contribution in [1.82, 2.24) is 24.7 Å². The van der Waals surface area contributed by atoms with Gasteiger partial charge in [0.05, 0.1) is 0 Å². The number of aromatic nitrogens is 5. The van der Waals surface area contributed by atoms with E-state index in [-0.39, 0.29) is 11.1 Å². The van der Waals surface area contributed by atoms with Crippen molar-refractivity contribution in [3.8, 4) is 0 Å². The lowest BCUT2D eigenvalue weighted by Crippen LogP contribution is -2.16. The van der Waals surface area contributed by atoms with Gasteiger partial charge in [-0.1, -0.05) is 32.4 Å². The second kappa shape index (κ2) is 4.97. The van der Waals surface area contributed by atoms with Gasteiger partial charge in [0.25, 0.3) is 0 Å². The highest BCUT2D eigenvalue weighted by Crippen LogP contribution is 2.27. The molecular weight excluding hydrogens is 286 g/mol. The van der Waals surface area contributed by atoms with Crippen molar-refractivity contribution < 1.29 is 0 Å². The van der Waals surface area contributed by atoms with E-state index >= 15 is 0 Å². The van der Waals surface area contributed by atoms with Crippen LogP contribution in [0.1, 0.15) is 26.6 Å². The van der Waals surface area contributed by atoms with Gasteiger partial charge < -0.3 is 0 Å². The van der Waals surface area contributed by atoms with E-state index in [4.69, 9.17) is 11.6 Å². The van der Waals surface area contributed by atoms with Gasteiger partial charge in [-0.2, -0.15) is 0 Å². The summed E-state index contributed by atoms with van der Waals surface area (Å²) in [5.74, 6) is 0.656. The number of hydrogen-bond acceptors (Lipinski definition) is 5. The van der Waals surface area contributed by atoms with Crippen LogP contribution in [-0.4, -0.2) is 24.7 Å². The molecule has 19 heavy (non-hydrogen) atoms. The number of rotatable bonds is 2. The first-order valence-electron chi connectivity index (χ1n) is 5.61. The van der Waals surface area contributed by atoms with Crippen LogP contribution in [0.3, 0.4) is 0 Å². The third-order valence-corrected chi connectivity index (χ3v) is 3.54. The normalized spacial score (nSPS) is 11.8. The monoisotopic (exact) mass is 299 g/mol. The van der Waals surface area contributed by atoms with Crippen LogP contribution < -0.4 is 5.69 Å². The van der Waals surface area contributed by atoms with Crippen LogP contribution in [0.2, 0.25) is 5.15 Å². The first-order valence-corrected chi connectivity index (χ1v) is 6.81. The fourth-order valence-corrected chi connectivity index (χ4v) is 2.35. The van der Waals surface area contributed by atoms with Crippen LogP contribution in [0, 0.1) is 0 Å². The average Bonchev–Trinajstić information content (AvgIpc) is 2.59. The van der Waals surface area contributed by atoms with Gasteiger partial charge in [0, 0.05) is 18.5 Å². The molecule has 2 aromatic rings. The van der Waals surface area contributed by atoms with E-state index in [1.54, 1.807) is 13.1 Å². The van der Waals surface area contributed by atoms with E-state index in [1.807, 2.05) is 20.8 Å². The van der Waals surface area contributed by atoms with Crippen molar-refractivity contribution in [2.45, 2.75) is 36.4 Å². The summed E-state index contributed by atoms with van der Waals surface area (Å²) in [6.07, 6.45) is 0. The Morgan fingerprint density at radius 1 is 1.37 bits per heavy atom. The van der Waals surface area contributed by atoms with Gasteiger partial charge in [-0.05, 0) is 11.8 Å².